The van der Waals surface area contributed by atoms with Crippen molar-refractivity contribution in [2.45, 2.75) is 46.1 Å². The van der Waals surface area contributed by atoms with Crippen molar-refractivity contribution in [1.82, 2.24) is 19.7 Å². The van der Waals surface area contributed by atoms with E-state index in [2.05, 4.69) is 57.9 Å². The van der Waals surface area contributed by atoms with Gasteiger partial charge >= 0.3 is 0 Å². The van der Waals surface area contributed by atoms with E-state index in [9.17, 15) is 0 Å². The lowest BCUT2D eigenvalue weighted by molar-refractivity contribution is 0.201. The van der Waals surface area contributed by atoms with Crippen molar-refractivity contribution in [2.24, 2.45) is 5.92 Å². The summed E-state index contributed by atoms with van der Waals surface area (Å²) in [4.78, 5) is 7.12. The predicted molar refractivity (Wildman–Crippen MR) is 93.6 cm³/mol. The van der Waals surface area contributed by atoms with E-state index in [0.717, 1.165) is 30.5 Å². The Morgan fingerprint density at radius 1 is 1.17 bits per heavy atom. The molecule has 3 rings (SSSR count). The summed E-state index contributed by atoms with van der Waals surface area (Å²) in [6, 6.07) is 8.70. The molecule has 1 aromatic carbocycles. The number of hydrogen-bond acceptors (Lipinski definition) is 3. The van der Waals surface area contributed by atoms with Crippen LogP contribution in [0.5, 0.6) is 0 Å². The Labute approximate surface area is 139 Å². The summed E-state index contributed by atoms with van der Waals surface area (Å²) in [7, 11) is 2.23. The lowest BCUT2D eigenvalue weighted by Gasteiger charge is -2.29. The number of hydrogen-bond donors (Lipinski definition) is 0. The predicted octanol–water partition coefficient (Wildman–Crippen LogP) is 3.22. The van der Waals surface area contributed by atoms with Crippen molar-refractivity contribution in [2.75, 3.05) is 20.1 Å². The van der Waals surface area contributed by atoms with E-state index in [-0.39, 0.29) is 0 Å². The number of aromatic nitrogens is 3. The summed E-state index contributed by atoms with van der Waals surface area (Å²) in [6.45, 7) is 7.41. The Morgan fingerprint density at radius 2 is 1.96 bits per heavy atom. The second-order valence-electron chi connectivity index (χ2n) is 7.03. The third kappa shape index (κ3) is 4.41. The smallest absolute Gasteiger partial charge is 0.147 e. The highest BCUT2D eigenvalue weighted by atomic mass is 15.3. The normalized spacial score (nSPS) is 19.2. The Morgan fingerprint density at radius 3 is 2.70 bits per heavy atom. The van der Waals surface area contributed by atoms with Crippen molar-refractivity contribution in [3.05, 3.63) is 47.0 Å². The maximum atomic E-state index is 4.67. The van der Waals surface area contributed by atoms with Gasteiger partial charge < -0.3 is 4.90 Å². The maximum Gasteiger partial charge on any atom is 0.147 e. The molecule has 0 bridgehead atoms. The maximum absolute atomic E-state index is 4.67. The van der Waals surface area contributed by atoms with E-state index in [0.29, 0.717) is 0 Å². The van der Waals surface area contributed by atoms with Gasteiger partial charge in [-0.15, -0.1) is 0 Å². The minimum Gasteiger partial charge on any atom is -0.306 e. The molecule has 4 nitrogen and oxygen atoms in total. The molecule has 1 aromatic heterocycles. The van der Waals surface area contributed by atoms with Crippen molar-refractivity contribution in [1.29, 1.82) is 0 Å². The largest absolute Gasteiger partial charge is 0.306 e. The highest BCUT2D eigenvalue weighted by Crippen LogP contribution is 2.20. The topological polar surface area (TPSA) is 34.0 Å². The molecule has 1 aliphatic heterocycles. The first-order chi connectivity index (χ1) is 11.1. The molecule has 1 aliphatic rings. The molecule has 1 unspecified atom stereocenters. The monoisotopic (exact) mass is 312 g/mol. The summed E-state index contributed by atoms with van der Waals surface area (Å²) in [6.07, 6.45) is 4.94. The number of rotatable bonds is 5. The van der Waals surface area contributed by atoms with E-state index in [1.165, 1.54) is 43.5 Å². The molecule has 1 atom stereocenters. The lowest BCUT2D eigenvalue weighted by Crippen LogP contribution is -2.32. The van der Waals surface area contributed by atoms with Gasteiger partial charge in [-0.1, -0.05) is 29.8 Å². The lowest BCUT2D eigenvalue weighted by atomic mass is 9.93. The van der Waals surface area contributed by atoms with Gasteiger partial charge in [0.2, 0.25) is 0 Å². The Kier molecular flexibility index (Phi) is 5.11. The van der Waals surface area contributed by atoms with Crippen LogP contribution in [0, 0.1) is 19.8 Å². The van der Waals surface area contributed by atoms with Gasteiger partial charge in [0, 0.05) is 13.0 Å². The second-order valence-corrected chi connectivity index (χ2v) is 7.03. The van der Waals surface area contributed by atoms with Crippen molar-refractivity contribution >= 4 is 0 Å². The number of piperidine rings is 1. The third-order valence-electron chi connectivity index (χ3n) is 4.81. The number of nitrogens with zero attached hydrogens (tertiary/aromatic N) is 4. The molecule has 23 heavy (non-hydrogen) atoms. The van der Waals surface area contributed by atoms with Gasteiger partial charge in [0.05, 0.1) is 6.54 Å². The first-order valence-electron chi connectivity index (χ1n) is 8.74. The second kappa shape index (κ2) is 7.26. The van der Waals surface area contributed by atoms with Crippen LogP contribution < -0.4 is 0 Å². The Hall–Kier alpha value is -1.68. The summed E-state index contributed by atoms with van der Waals surface area (Å²) < 4.78 is 2.09. The van der Waals surface area contributed by atoms with Crippen LogP contribution in [0.1, 0.15) is 42.0 Å². The molecule has 4 heteroatoms. The molecule has 0 N–H and O–H groups in total. The van der Waals surface area contributed by atoms with Gasteiger partial charge in [-0.05, 0) is 58.2 Å². The van der Waals surface area contributed by atoms with Crippen molar-refractivity contribution < 1.29 is 0 Å². The van der Waals surface area contributed by atoms with Gasteiger partial charge in [-0.25, -0.2) is 9.67 Å². The zero-order valence-electron chi connectivity index (χ0n) is 14.6. The van der Waals surface area contributed by atoms with E-state index < -0.39 is 0 Å². The van der Waals surface area contributed by atoms with E-state index in [4.69, 9.17) is 0 Å². The molecule has 124 valence electrons. The molecule has 0 saturated carbocycles. The summed E-state index contributed by atoms with van der Waals surface area (Å²) in [5, 5.41) is 4.60. The SMILES string of the molecule is Cc1ccc(Cn2nc(C)nc2CCC2CCCN(C)C2)cc1. The van der Waals surface area contributed by atoms with Crippen molar-refractivity contribution in [3.8, 4) is 0 Å². The van der Waals surface area contributed by atoms with Crippen LogP contribution in [0.25, 0.3) is 0 Å². The number of likely N-dealkylation sites (tertiary alicyclic amines) is 1. The van der Waals surface area contributed by atoms with Crippen LogP contribution in [0.2, 0.25) is 0 Å². The zero-order chi connectivity index (χ0) is 16.2. The van der Waals surface area contributed by atoms with Crippen LogP contribution in [0.3, 0.4) is 0 Å². The van der Waals surface area contributed by atoms with Crippen molar-refractivity contribution in [3.63, 3.8) is 0 Å². The van der Waals surface area contributed by atoms with Crippen LogP contribution in [0.4, 0.5) is 0 Å². The molecular weight excluding hydrogens is 284 g/mol. The fourth-order valence-electron chi connectivity index (χ4n) is 3.52. The van der Waals surface area contributed by atoms with Gasteiger partial charge in [0.1, 0.15) is 11.6 Å². The average molecular weight is 312 g/mol. The van der Waals surface area contributed by atoms with Crippen LogP contribution in [-0.2, 0) is 13.0 Å². The third-order valence-corrected chi connectivity index (χ3v) is 4.81. The highest BCUT2D eigenvalue weighted by molar-refractivity contribution is 5.21. The van der Waals surface area contributed by atoms with E-state index in [1.807, 2.05) is 6.92 Å². The summed E-state index contributed by atoms with van der Waals surface area (Å²) in [5.74, 6) is 2.82. The fourth-order valence-corrected chi connectivity index (χ4v) is 3.52. The molecule has 2 aromatic rings. The minimum absolute atomic E-state index is 0.804. The molecule has 0 radical (unpaired) electrons. The van der Waals surface area contributed by atoms with Gasteiger partial charge in [-0.2, -0.15) is 5.10 Å². The molecule has 0 aliphatic carbocycles. The number of aryl methyl sites for hydroxylation is 3. The first kappa shape index (κ1) is 16.2. The Bertz CT molecular complexity index is 629. The number of benzene rings is 1. The molecular formula is C19H28N4. The first-order valence-corrected chi connectivity index (χ1v) is 8.74. The summed E-state index contributed by atoms with van der Waals surface area (Å²) >= 11 is 0. The fraction of sp³-hybridized carbons (Fsp3) is 0.579. The quantitative estimate of drug-likeness (QED) is 0.850. The molecule has 1 saturated heterocycles. The molecule has 0 spiro atoms. The molecule has 1 fully saturated rings. The van der Waals surface area contributed by atoms with Gasteiger partial charge in [-0.3, -0.25) is 0 Å². The zero-order valence-corrected chi connectivity index (χ0v) is 14.6. The summed E-state index contributed by atoms with van der Waals surface area (Å²) in [5.41, 5.74) is 2.59. The Balaban J connectivity index is 1.64. The van der Waals surface area contributed by atoms with Crippen LogP contribution in [0.15, 0.2) is 24.3 Å². The minimum atomic E-state index is 0.804. The van der Waals surface area contributed by atoms with E-state index >= 15 is 0 Å². The molecule has 0 amide bonds. The molecule has 2 heterocycles. The van der Waals surface area contributed by atoms with E-state index in [1.54, 1.807) is 0 Å². The van der Waals surface area contributed by atoms with Crippen LogP contribution in [-0.4, -0.2) is 39.8 Å². The van der Waals surface area contributed by atoms with Gasteiger partial charge in [0.25, 0.3) is 0 Å². The highest BCUT2D eigenvalue weighted by Gasteiger charge is 2.18. The van der Waals surface area contributed by atoms with Gasteiger partial charge in [0.15, 0.2) is 0 Å². The average Bonchev–Trinajstić information content (AvgIpc) is 2.87. The van der Waals surface area contributed by atoms with Crippen LogP contribution >= 0.6 is 0 Å². The standard InChI is InChI=1S/C19H28N4/c1-15-6-8-18(9-7-15)14-23-19(20-16(2)21-23)11-10-17-5-4-12-22(3)13-17/h6-9,17H,4-5,10-14H2,1-3H3.